The van der Waals surface area contributed by atoms with Crippen molar-refractivity contribution in [1.29, 1.82) is 0 Å². The van der Waals surface area contributed by atoms with Crippen LogP contribution >= 0.6 is 0 Å². The second kappa shape index (κ2) is 12.8. The first-order chi connectivity index (χ1) is 20.5. The van der Waals surface area contributed by atoms with Gasteiger partial charge in [-0.25, -0.2) is 9.59 Å². The number of carbonyl (C=O) groups is 3. The van der Waals surface area contributed by atoms with Crippen LogP contribution in [0.3, 0.4) is 0 Å². The average Bonchev–Trinajstić information content (AvgIpc) is 3.28. The van der Waals surface area contributed by atoms with Crippen LogP contribution < -0.4 is 5.32 Å². The number of likely N-dealkylation sites (tertiary alicyclic amines) is 2. The molecule has 3 aliphatic rings. The Morgan fingerprint density at radius 2 is 1.74 bits per heavy atom. The number of alkyl halides is 3. The van der Waals surface area contributed by atoms with Gasteiger partial charge in [-0.1, -0.05) is 12.1 Å². The van der Waals surface area contributed by atoms with Crippen molar-refractivity contribution in [2.45, 2.75) is 63.5 Å². The molecule has 5 rings (SSSR count). The summed E-state index contributed by atoms with van der Waals surface area (Å²) in [6.07, 6.45) is -1.07. The van der Waals surface area contributed by atoms with Gasteiger partial charge in [-0.15, -0.1) is 0 Å². The molecule has 13 heteroatoms. The van der Waals surface area contributed by atoms with Crippen LogP contribution in [0.2, 0.25) is 0 Å². The zero-order valence-electron chi connectivity index (χ0n) is 24.1. The SMILES string of the molecule is CCOC(=O)N1CCC(NC(=O)c2ccc(CN3CC4(CCN(Cc5ccc(C(F)(F)F)cc5)CC4)OC3=O)nc2)CC1. The van der Waals surface area contributed by atoms with Crippen molar-refractivity contribution in [2.75, 3.05) is 39.3 Å². The summed E-state index contributed by atoms with van der Waals surface area (Å²) in [6, 6.07) is 8.57. The fraction of sp³-hybridized carbons (Fsp3) is 0.533. The summed E-state index contributed by atoms with van der Waals surface area (Å²) in [4.78, 5) is 47.1. The lowest BCUT2D eigenvalue weighted by Gasteiger charge is -2.37. The van der Waals surface area contributed by atoms with Crippen molar-refractivity contribution in [3.05, 3.63) is 65.0 Å². The first kappa shape index (κ1) is 30.6. The number of nitrogens with one attached hydrogen (secondary N) is 1. The average molecular weight is 604 g/mol. The molecule has 2 aromatic rings. The third-order valence-corrected chi connectivity index (χ3v) is 8.29. The molecule has 0 bridgehead atoms. The number of rotatable bonds is 7. The predicted molar refractivity (Wildman–Crippen MR) is 149 cm³/mol. The van der Waals surface area contributed by atoms with Crippen LogP contribution in [0, 0.1) is 0 Å². The summed E-state index contributed by atoms with van der Waals surface area (Å²) in [5.41, 5.74) is 0.585. The molecule has 3 saturated heterocycles. The molecule has 1 N–H and O–H groups in total. The van der Waals surface area contributed by atoms with Crippen LogP contribution in [-0.2, 0) is 28.7 Å². The maximum Gasteiger partial charge on any atom is 0.416 e. The summed E-state index contributed by atoms with van der Waals surface area (Å²) in [5.74, 6) is -0.240. The summed E-state index contributed by atoms with van der Waals surface area (Å²) in [7, 11) is 0. The first-order valence-electron chi connectivity index (χ1n) is 14.6. The van der Waals surface area contributed by atoms with E-state index in [1.807, 2.05) is 0 Å². The zero-order valence-corrected chi connectivity index (χ0v) is 24.1. The number of halogens is 3. The van der Waals surface area contributed by atoms with Gasteiger partial charge in [0.2, 0.25) is 0 Å². The number of aromatic nitrogens is 1. The molecule has 3 fully saturated rings. The van der Waals surface area contributed by atoms with Crippen molar-refractivity contribution in [3.63, 3.8) is 0 Å². The Bertz CT molecular complexity index is 1290. The van der Waals surface area contributed by atoms with Gasteiger partial charge >= 0.3 is 18.4 Å². The van der Waals surface area contributed by atoms with E-state index in [0.717, 1.165) is 17.7 Å². The molecule has 0 radical (unpaired) electrons. The van der Waals surface area contributed by atoms with Crippen LogP contribution in [0.15, 0.2) is 42.6 Å². The zero-order chi connectivity index (χ0) is 30.6. The highest BCUT2D eigenvalue weighted by Crippen LogP contribution is 2.35. The van der Waals surface area contributed by atoms with E-state index in [9.17, 15) is 27.6 Å². The standard InChI is InChI=1S/C30H36F3N5O5/c1-2-42-27(40)37-13-9-24(10-14-37)35-26(39)22-5-8-25(34-17-22)19-38-20-29(43-28(38)41)11-15-36(16-12-29)18-21-3-6-23(7-4-21)30(31,32)33/h3-8,17,24H,2,9-16,18-20H2,1H3,(H,35,39). The Morgan fingerprint density at radius 1 is 1.05 bits per heavy atom. The number of carbonyl (C=O) groups excluding carboxylic acids is 3. The lowest BCUT2D eigenvalue weighted by molar-refractivity contribution is -0.137. The smallest absolute Gasteiger partial charge is 0.416 e. The van der Waals surface area contributed by atoms with E-state index in [2.05, 4.69) is 15.2 Å². The highest BCUT2D eigenvalue weighted by Gasteiger charge is 2.47. The van der Waals surface area contributed by atoms with Crippen molar-refractivity contribution in [1.82, 2.24) is 25.0 Å². The molecule has 43 heavy (non-hydrogen) atoms. The van der Waals surface area contributed by atoms with E-state index in [1.54, 1.807) is 28.9 Å². The van der Waals surface area contributed by atoms with Gasteiger partial charge in [-0.3, -0.25) is 19.6 Å². The molecule has 1 aromatic carbocycles. The Balaban J connectivity index is 1.07. The highest BCUT2D eigenvalue weighted by atomic mass is 19.4. The first-order valence-corrected chi connectivity index (χ1v) is 14.6. The van der Waals surface area contributed by atoms with Gasteiger partial charge in [0.1, 0.15) is 5.60 Å². The second-order valence-corrected chi connectivity index (χ2v) is 11.3. The van der Waals surface area contributed by atoms with Gasteiger partial charge in [0.25, 0.3) is 5.91 Å². The maximum atomic E-state index is 12.8. The second-order valence-electron chi connectivity index (χ2n) is 11.3. The summed E-state index contributed by atoms with van der Waals surface area (Å²) in [6.45, 7) is 5.66. The number of ether oxygens (including phenoxy) is 2. The molecule has 0 unspecified atom stereocenters. The Labute approximate surface area is 248 Å². The predicted octanol–water partition coefficient (Wildman–Crippen LogP) is 4.44. The van der Waals surface area contributed by atoms with Gasteiger partial charge in [0.15, 0.2) is 0 Å². The van der Waals surface area contributed by atoms with Crippen LogP contribution in [0.1, 0.15) is 59.8 Å². The van der Waals surface area contributed by atoms with Gasteiger partial charge in [0.05, 0.1) is 36.5 Å². The number of piperidine rings is 2. The van der Waals surface area contributed by atoms with Crippen LogP contribution in [0.25, 0.3) is 0 Å². The van der Waals surface area contributed by atoms with Crippen molar-refractivity contribution >= 4 is 18.1 Å². The minimum atomic E-state index is -4.35. The Morgan fingerprint density at radius 3 is 2.35 bits per heavy atom. The monoisotopic (exact) mass is 603 g/mol. The Kier molecular flexibility index (Phi) is 9.09. The van der Waals surface area contributed by atoms with Gasteiger partial charge < -0.3 is 19.7 Å². The Hall–Kier alpha value is -3.87. The number of benzene rings is 1. The minimum absolute atomic E-state index is 0.0465. The van der Waals surface area contributed by atoms with E-state index in [4.69, 9.17) is 9.47 Å². The lowest BCUT2D eigenvalue weighted by atomic mass is 9.91. The van der Waals surface area contributed by atoms with E-state index in [1.165, 1.54) is 18.3 Å². The normalized spacial score (nSPS) is 19.4. The molecule has 0 aliphatic carbocycles. The maximum absolute atomic E-state index is 12.8. The number of hydrogen-bond donors (Lipinski definition) is 1. The molecule has 1 aromatic heterocycles. The van der Waals surface area contributed by atoms with Crippen LogP contribution in [0.5, 0.6) is 0 Å². The quantitative estimate of drug-likeness (QED) is 0.499. The van der Waals surface area contributed by atoms with Crippen molar-refractivity contribution in [3.8, 4) is 0 Å². The van der Waals surface area contributed by atoms with E-state index >= 15 is 0 Å². The summed E-state index contributed by atoms with van der Waals surface area (Å²) >= 11 is 0. The molecular formula is C30H36F3N5O5. The van der Waals surface area contributed by atoms with E-state index < -0.39 is 23.4 Å². The molecule has 1 spiro atoms. The third-order valence-electron chi connectivity index (χ3n) is 8.29. The summed E-state index contributed by atoms with van der Waals surface area (Å²) < 4.78 is 49.4. The lowest BCUT2D eigenvalue weighted by Crippen LogP contribution is -2.46. The minimum Gasteiger partial charge on any atom is -0.450 e. The molecule has 10 nitrogen and oxygen atoms in total. The molecular weight excluding hydrogens is 567 g/mol. The summed E-state index contributed by atoms with van der Waals surface area (Å²) in [5, 5.41) is 3.00. The molecule has 3 aliphatic heterocycles. The fourth-order valence-electron chi connectivity index (χ4n) is 5.79. The van der Waals surface area contributed by atoms with Crippen molar-refractivity contribution < 1.29 is 37.0 Å². The number of nitrogens with zero attached hydrogens (tertiary/aromatic N) is 4. The number of pyridine rings is 1. The van der Waals surface area contributed by atoms with Crippen LogP contribution in [0.4, 0.5) is 22.8 Å². The van der Waals surface area contributed by atoms with Gasteiger partial charge in [-0.2, -0.15) is 13.2 Å². The third kappa shape index (κ3) is 7.56. The fourth-order valence-corrected chi connectivity index (χ4v) is 5.79. The number of hydrogen-bond acceptors (Lipinski definition) is 7. The van der Waals surface area contributed by atoms with Gasteiger partial charge in [-0.05, 0) is 49.6 Å². The van der Waals surface area contributed by atoms with E-state index in [0.29, 0.717) is 82.8 Å². The van der Waals surface area contributed by atoms with Gasteiger partial charge in [0, 0.05) is 57.8 Å². The molecule has 0 atom stereocenters. The number of amides is 3. The highest BCUT2D eigenvalue weighted by molar-refractivity contribution is 5.94. The van der Waals surface area contributed by atoms with Crippen LogP contribution in [-0.4, -0.2) is 88.8 Å². The molecule has 3 amide bonds. The largest absolute Gasteiger partial charge is 0.450 e. The van der Waals surface area contributed by atoms with Crippen molar-refractivity contribution in [2.24, 2.45) is 0 Å². The topological polar surface area (TPSA) is 104 Å². The molecule has 0 saturated carbocycles. The molecule has 4 heterocycles. The molecule has 232 valence electrons. The van der Waals surface area contributed by atoms with E-state index in [-0.39, 0.29) is 24.6 Å².